The van der Waals surface area contributed by atoms with Crippen LogP contribution in [0.1, 0.15) is 40.0 Å². The highest BCUT2D eigenvalue weighted by atomic mass is 16.7. The molecule has 0 amide bonds. The summed E-state index contributed by atoms with van der Waals surface area (Å²) in [7, 11) is 2.85. The van der Waals surface area contributed by atoms with Crippen molar-refractivity contribution in [1.82, 2.24) is 0 Å². The average Bonchev–Trinajstić information content (AvgIpc) is 2.62. The van der Waals surface area contributed by atoms with Crippen LogP contribution in [-0.2, 0) is 14.3 Å². The van der Waals surface area contributed by atoms with Gasteiger partial charge in [-0.15, -0.1) is 0 Å². The largest absolute Gasteiger partial charge is 0.381 e. The van der Waals surface area contributed by atoms with Gasteiger partial charge in [-0.25, -0.2) is 0 Å². The zero-order valence-corrected chi connectivity index (χ0v) is 11.9. The van der Waals surface area contributed by atoms with Gasteiger partial charge < -0.3 is 14.6 Å². The number of rotatable bonds is 4. The predicted octanol–water partition coefficient (Wildman–Crippen LogP) is 1.75. The third-order valence-corrected chi connectivity index (χ3v) is 5.94. The maximum absolute atomic E-state index is 12.5. The first-order chi connectivity index (χ1) is 8.24. The van der Waals surface area contributed by atoms with Gasteiger partial charge in [-0.1, -0.05) is 20.8 Å². The van der Waals surface area contributed by atoms with Gasteiger partial charge >= 0.3 is 0 Å². The summed E-state index contributed by atoms with van der Waals surface area (Å²) in [6.45, 7) is 6.34. The van der Waals surface area contributed by atoms with Gasteiger partial charge in [-0.05, 0) is 30.6 Å². The molecule has 2 rings (SSSR count). The maximum Gasteiger partial charge on any atom is 0.220 e. The summed E-state index contributed by atoms with van der Waals surface area (Å²) in [5.74, 6) is 0.0658. The molecule has 3 unspecified atom stereocenters. The highest BCUT2D eigenvalue weighted by Crippen LogP contribution is 2.69. The first kappa shape index (κ1) is 14.0. The SMILES string of the molecule is COC(OC)C(=O)C1(O)CC2CCC1(C)C2(C)C. The molecule has 18 heavy (non-hydrogen) atoms. The zero-order valence-electron chi connectivity index (χ0n) is 11.9. The fourth-order valence-corrected chi connectivity index (χ4v) is 4.15. The molecule has 2 aliphatic rings. The van der Waals surface area contributed by atoms with E-state index >= 15 is 0 Å². The standard InChI is InChI=1S/C14H24O4/c1-12(2)9-6-7-13(12,3)14(16,8-9)10(15)11(17-4)18-5/h9,11,16H,6-8H2,1-5H3. The summed E-state index contributed by atoms with van der Waals surface area (Å²) in [5.41, 5.74) is -1.74. The van der Waals surface area contributed by atoms with Gasteiger partial charge in [-0.3, -0.25) is 4.79 Å². The van der Waals surface area contributed by atoms with Crippen LogP contribution in [0.4, 0.5) is 0 Å². The number of carbonyl (C=O) groups is 1. The Bertz CT molecular complexity index is 361. The summed E-state index contributed by atoms with van der Waals surface area (Å²) in [6.07, 6.45) is 1.52. The molecule has 1 N–H and O–H groups in total. The third kappa shape index (κ3) is 1.40. The molecule has 3 atom stereocenters. The molecule has 0 spiro atoms. The summed E-state index contributed by atoms with van der Waals surface area (Å²) in [6, 6.07) is 0. The van der Waals surface area contributed by atoms with E-state index in [0.717, 1.165) is 12.8 Å². The number of aliphatic hydroxyl groups is 1. The van der Waals surface area contributed by atoms with Crippen LogP contribution in [0.15, 0.2) is 0 Å². The Labute approximate surface area is 109 Å². The number of methoxy groups -OCH3 is 2. The lowest BCUT2D eigenvalue weighted by atomic mass is 9.63. The highest BCUT2D eigenvalue weighted by molar-refractivity contribution is 5.91. The minimum atomic E-state index is -1.32. The van der Waals surface area contributed by atoms with E-state index in [4.69, 9.17) is 9.47 Å². The molecule has 0 aromatic rings. The van der Waals surface area contributed by atoms with Gasteiger partial charge in [-0.2, -0.15) is 0 Å². The number of hydrogen-bond donors (Lipinski definition) is 1. The fraction of sp³-hybridized carbons (Fsp3) is 0.929. The smallest absolute Gasteiger partial charge is 0.220 e. The number of ether oxygens (including phenoxy) is 2. The number of Topliss-reactive ketones (excluding diaryl/α,β-unsaturated/α-hetero) is 1. The monoisotopic (exact) mass is 256 g/mol. The lowest BCUT2D eigenvalue weighted by molar-refractivity contribution is -0.189. The number of fused-ring (bicyclic) bond motifs is 2. The molecule has 0 saturated heterocycles. The van der Waals surface area contributed by atoms with E-state index in [9.17, 15) is 9.90 Å². The molecule has 0 radical (unpaired) electrons. The Morgan fingerprint density at radius 3 is 2.17 bits per heavy atom. The minimum absolute atomic E-state index is 0.0244. The molecule has 0 aromatic carbocycles. The van der Waals surface area contributed by atoms with E-state index in [1.165, 1.54) is 14.2 Å². The number of ketones is 1. The van der Waals surface area contributed by atoms with Gasteiger partial charge in [0.2, 0.25) is 12.1 Å². The van der Waals surface area contributed by atoms with Crippen molar-refractivity contribution in [1.29, 1.82) is 0 Å². The Hall–Kier alpha value is -0.450. The van der Waals surface area contributed by atoms with Crippen LogP contribution in [0, 0.1) is 16.7 Å². The Morgan fingerprint density at radius 1 is 1.28 bits per heavy atom. The third-order valence-electron chi connectivity index (χ3n) is 5.94. The molecular formula is C14H24O4. The van der Waals surface area contributed by atoms with Crippen LogP contribution < -0.4 is 0 Å². The van der Waals surface area contributed by atoms with Crippen molar-refractivity contribution in [3.63, 3.8) is 0 Å². The van der Waals surface area contributed by atoms with E-state index in [1.54, 1.807) is 0 Å². The lowest BCUT2D eigenvalue weighted by Crippen LogP contribution is -2.56. The van der Waals surface area contributed by atoms with Crippen molar-refractivity contribution >= 4 is 5.78 Å². The quantitative estimate of drug-likeness (QED) is 0.779. The first-order valence-electron chi connectivity index (χ1n) is 6.57. The van der Waals surface area contributed by atoms with E-state index in [2.05, 4.69) is 13.8 Å². The van der Waals surface area contributed by atoms with Crippen molar-refractivity contribution in [2.75, 3.05) is 14.2 Å². The molecule has 4 nitrogen and oxygen atoms in total. The fourth-order valence-electron chi connectivity index (χ4n) is 4.15. The van der Waals surface area contributed by atoms with E-state index in [1.807, 2.05) is 6.92 Å². The summed E-state index contributed by atoms with van der Waals surface area (Å²) in [4.78, 5) is 12.5. The Kier molecular flexibility index (Phi) is 3.12. The Balaban J connectivity index is 2.37. The van der Waals surface area contributed by atoms with Crippen LogP contribution in [0.5, 0.6) is 0 Å². The first-order valence-corrected chi connectivity index (χ1v) is 6.57. The van der Waals surface area contributed by atoms with Crippen molar-refractivity contribution in [3.8, 4) is 0 Å². The van der Waals surface area contributed by atoms with Crippen molar-refractivity contribution in [3.05, 3.63) is 0 Å². The van der Waals surface area contributed by atoms with Crippen molar-refractivity contribution in [2.24, 2.45) is 16.7 Å². The molecular weight excluding hydrogens is 232 g/mol. The van der Waals surface area contributed by atoms with Crippen molar-refractivity contribution in [2.45, 2.75) is 51.9 Å². The molecule has 0 aliphatic heterocycles. The van der Waals surface area contributed by atoms with Gasteiger partial charge in [0.25, 0.3) is 0 Å². The summed E-state index contributed by atoms with van der Waals surface area (Å²) < 4.78 is 10.1. The normalized spacial score (nSPS) is 41.6. The van der Waals surface area contributed by atoms with Crippen LogP contribution in [0.2, 0.25) is 0 Å². The van der Waals surface area contributed by atoms with E-state index < -0.39 is 17.3 Å². The second kappa shape index (κ2) is 4.02. The number of carbonyl (C=O) groups excluding carboxylic acids is 1. The molecule has 0 heterocycles. The molecule has 104 valence electrons. The van der Waals surface area contributed by atoms with Crippen molar-refractivity contribution < 1.29 is 19.4 Å². The van der Waals surface area contributed by atoms with Gasteiger partial charge in [0.15, 0.2) is 0 Å². The molecule has 0 aromatic heterocycles. The van der Waals surface area contributed by atoms with Gasteiger partial charge in [0.05, 0.1) is 0 Å². The molecule has 2 saturated carbocycles. The van der Waals surface area contributed by atoms with Gasteiger partial charge in [0, 0.05) is 19.6 Å². The second-order valence-electron chi connectivity index (χ2n) is 6.52. The Morgan fingerprint density at radius 2 is 1.83 bits per heavy atom. The average molecular weight is 256 g/mol. The summed E-state index contributed by atoms with van der Waals surface area (Å²) in [5, 5.41) is 11.0. The van der Waals surface area contributed by atoms with Crippen LogP contribution in [0.3, 0.4) is 0 Å². The molecule has 2 fully saturated rings. The lowest BCUT2D eigenvalue weighted by Gasteiger charge is -2.44. The van der Waals surface area contributed by atoms with E-state index in [-0.39, 0.29) is 11.2 Å². The maximum atomic E-state index is 12.5. The van der Waals surface area contributed by atoms with Crippen LogP contribution in [0.25, 0.3) is 0 Å². The number of hydrogen-bond acceptors (Lipinski definition) is 4. The molecule has 2 aliphatic carbocycles. The van der Waals surface area contributed by atoms with Gasteiger partial charge in [0.1, 0.15) is 5.60 Å². The molecule has 2 bridgehead atoms. The van der Waals surface area contributed by atoms with Crippen LogP contribution >= 0.6 is 0 Å². The topological polar surface area (TPSA) is 55.8 Å². The predicted molar refractivity (Wildman–Crippen MR) is 67.0 cm³/mol. The zero-order chi connectivity index (χ0) is 13.8. The highest BCUT2D eigenvalue weighted by Gasteiger charge is 2.71. The van der Waals surface area contributed by atoms with Crippen LogP contribution in [-0.4, -0.2) is 37.0 Å². The second-order valence-corrected chi connectivity index (χ2v) is 6.52. The minimum Gasteiger partial charge on any atom is -0.381 e. The van der Waals surface area contributed by atoms with E-state index in [0.29, 0.717) is 12.3 Å². The summed E-state index contributed by atoms with van der Waals surface area (Å²) >= 11 is 0. The molecule has 4 heteroatoms.